The molecule has 0 atom stereocenters. The molecule has 0 aliphatic heterocycles. The van der Waals surface area contributed by atoms with Gasteiger partial charge in [-0.1, -0.05) is 0 Å². The molecule has 2 aromatic rings. The number of nitrogens with zero attached hydrogens (tertiary/aromatic N) is 1. The van der Waals surface area contributed by atoms with E-state index in [2.05, 4.69) is 15.5 Å². The van der Waals surface area contributed by atoms with Crippen molar-refractivity contribution in [3.8, 4) is 5.75 Å². The molecule has 0 spiro atoms. The van der Waals surface area contributed by atoms with Gasteiger partial charge in [-0.2, -0.15) is 5.10 Å². The zero-order valence-electron chi connectivity index (χ0n) is 10.1. The topological polar surface area (TPSA) is 67.0 Å². The summed E-state index contributed by atoms with van der Waals surface area (Å²) in [5, 5.41) is 9.54. The molecule has 18 heavy (non-hydrogen) atoms. The number of aromatic nitrogens is 2. The number of carbonyl (C=O) groups excluding carboxylic acids is 1. The minimum atomic E-state index is -0.0860. The molecule has 0 aliphatic rings. The highest BCUT2D eigenvalue weighted by Crippen LogP contribution is 2.10. The third-order valence-corrected chi connectivity index (χ3v) is 2.59. The summed E-state index contributed by atoms with van der Waals surface area (Å²) in [5.41, 5.74) is 1.63. The number of aromatic amines is 1. The Morgan fingerprint density at radius 2 is 2.11 bits per heavy atom. The monoisotopic (exact) mass is 245 g/mol. The zero-order chi connectivity index (χ0) is 12.8. The second-order valence-corrected chi connectivity index (χ2v) is 3.82. The molecule has 1 aromatic carbocycles. The van der Waals surface area contributed by atoms with Crippen LogP contribution in [0.3, 0.4) is 0 Å². The number of carbonyl (C=O) groups is 1. The number of nitrogens with one attached hydrogen (secondary N) is 2. The van der Waals surface area contributed by atoms with E-state index in [4.69, 9.17) is 4.74 Å². The predicted molar refractivity (Wildman–Crippen MR) is 67.6 cm³/mol. The summed E-state index contributed by atoms with van der Waals surface area (Å²) in [6.07, 6.45) is 2.43. The molecule has 0 bridgehead atoms. The lowest BCUT2D eigenvalue weighted by molar-refractivity contribution is 0.0954. The Kier molecular flexibility index (Phi) is 3.96. The first-order chi connectivity index (χ1) is 8.79. The molecule has 0 unspecified atom stereocenters. The van der Waals surface area contributed by atoms with Crippen LogP contribution in [0.4, 0.5) is 0 Å². The van der Waals surface area contributed by atoms with Gasteiger partial charge in [-0.3, -0.25) is 9.89 Å². The van der Waals surface area contributed by atoms with Crippen molar-refractivity contribution in [2.75, 3.05) is 13.7 Å². The number of rotatable bonds is 5. The molecule has 0 saturated carbocycles. The molecule has 1 amide bonds. The number of H-pyrrole nitrogens is 1. The lowest BCUT2D eigenvalue weighted by Crippen LogP contribution is -2.25. The Morgan fingerprint density at radius 3 is 2.72 bits per heavy atom. The maximum atomic E-state index is 11.8. The van der Waals surface area contributed by atoms with E-state index in [0.29, 0.717) is 12.1 Å². The Bertz CT molecular complexity index is 491. The number of amides is 1. The Morgan fingerprint density at radius 1 is 1.33 bits per heavy atom. The molecule has 0 radical (unpaired) electrons. The van der Waals surface area contributed by atoms with Gasteiger partial charge in [0.05, 0.1) is 7.11 Å². The third kappa shape index (κ3) is 3.10. The van der Waals surface area contributed by atoms with Gasteiger partial charge < -0.3 is 10.1 Å². The van der Waals surface area contributed by atoms with Crippen LogP contribution in [0.1, 0.15) is 16.1 Å². The zero-order valence-corrected chi connectivity index (χ0v) is 10.1. The van der Waals surface area contributed by atoms with Crippen molar-refractivity contribution < 1.29 is 9.53 Å². The summed E-state index contributed by atoms with van der Waals surface area (Å²) in [6.45, 7) is 0.576. The molecule has 1 aromatic heterocycles. The normalized spacial score (nSPS) is 10.1. The fraction of sp³-hybridized carbons (Fsp3) is 0.231. The Balaban J connectivity index is 1.83. The summed E-state index contributed by atoms with van der Waals surface area (Å²) in [4.78, 5) is 11.8. The molecule has 2 rings (SSSR count). The van der Waals surface area contributed by atoms with E-state index in [1.165, 1.54) is 0 Å². The van der Waals surface area contributed by atoms with Crippen LogP contribution in [0, 0.1) is 0 Å². The van der Waals surface area contributed by atoms with Crippen LogP contribution >= 0.6 is 0 Å². The van der Waals surface area contributed by atoms with Crippen LogP contribution < -0.4 is 10.1 Å². The average molecular weight is 245 g/mol. The van der Waals surface area contributed by atoms with Gasteiger partial charge in [-0.15, -0.1) is 0 Å². The first-order valence-corrected chi connectivity index (χ1v) is 5.70. The minimum absolute atomic E-state index is 0.0860. The van der Waals surface area contributed by atoms with Crippen molar-refractivity contribution in [1.82, 2.24) is 15.5 Å². The highest BCUT2D eigenvalue weighted by molar-refractivity contribution is 5.94. The van der Waals surface area contributed by atoms with Crippen LogP contribution in [0.2, 0.25) is 0 Å². The summed E-state index contributed by atoms with van der Waals surface area (Å²) < 4.78 is 5.04. The van der Waals surface area contributed by atoms with Crippen LogP contribution in [-0.2, 0) is 6.42 Å². The molecule has 5 nitrogen and oxygen atoms in total. The minimum Gasteiger partial charge on any atom is -0.497 e. The van der Waals surface area contributed by atoms with Crippen molar-refractivity contribution >= 4 is 5.91 Å². The molecule has 0 aliphatic carbocycles. The van der Waals surface area contributed by atoms with Crippen LogP contribution in [-0.4, -0.2) is 29.8 Å². The van der Waals surface area contributed by atoms with Crippen LogP contribution in [0.15, 0.2) is 36.5 Å². The largest absolute Gasteiger partial charge is 0.497 e. The van der Waals surface area contributed by atoms with E-state index in [1.807, 2.05) is 6.07 Å². The van der Waals surface area contributed by atoms with E-state index in [0.717, 1.165) is 17.9 Å². The second kappa shape index (κ2) is 5.86. The molecule has 5 heteroatoms. The second-order valence-electron chi connectivity index (χ2n) is 3.82. The molecule has 94 valence electrons. The van der Waals surface area contributed by atoms with Gasteiger partial charge >= 0.3 is 0 Å². The standard InChI is InChI=1S/C13H15N3O2/c1-18-12-4-2-10(3-5-12)13(17)14-8-6-11-7-9-15-16-11/h2-5,7,9H,6,8H2,1H3,(H,14,17)(H,15,16). The fourth-order valence-electron chi connectivity index (χ4n) is 1.58. The summed E-state index contributed by atoms with van der Waals surface area (Å²) in [7, 11) is 1.60. The number of benzene rings is 1. The number of methoxy groups -OCH3 is 1. The SMILES string of the molecule is COc1ccc(C(=O)NCCc2ccn[nH]2)cc1. The smallest absolute Gasteiger partial charge is 0.251 e. The van der Waals surface area contributed by atoms with Crippen molar-refractivity contribution in [1.29, 1.82) is 0 Å². The first-order valence-electron chi connectivity index (χ1n) is 5.70. The molecule has 1 heterocycles. The lowest BCUT2D eigenvalue weighted by Gasteiger charge is -2.05. The van der Waals surface area contributed by atoms with Crippen molar-refractivity contribution in [3.05, 3.63) is 47.8 Å². The summed E-state index contributed by atoms with van der Waals surface area (Å²) >= 11 is 0. The number of hydrogen-bond donors (Lipinski definition) is 2. The molecule has 2 N–H and O–H groups in total. The lowest BCUT2D eigenvalue weighted by atomic mass is 10.2. The van der Waals surface area contributed by atoms with Gasteiger partial charge in [-0.25, -0.2) is 0 Å². The number of ether oxygens (including phenoxy) is 1. The highest BCUT2D eigenvalue weighted by Gasteiger charge is 2.04. The predicted octanol–water partition coefficient (Wildman–Crippen LogP) is 1.39. The molecule has 0 fully saturated rings. The van der Waals surface area contributed by atoms with Gasteiger partial charge in [-0.05, 0) is 30.3 Å². The quantitative estimate of drug-likeness (QED) is 0.836. The van der Waals surface area contributed by atoms with E-state index in [-0.39, 0.29) is 5.91 Å². The molecule has 0 saturated heterocycles. The number of hydrogen-bond acceptors (Lipinski definition) is 3. The van der Waals surface area contributed by atoms with E-state index >= 15 is 0 Å². The Hall–Kier alpha value is -2.30. The van der Waals surface area contributed by atoms with Crippen molar-refractivity contribution in [3.63, 3.8) is 0 Å². The molecular formula is C13H15N3O2. The maximum absolute atomic E-state index is 11.8. The summed E-state index contributed by atoms with van der Waals surface area (Å²) in [6, 6.07) is 8.90. The van der Waals surface area contributed by atoms with E-state index in [1.54, 1.807) is 37.6 Å². The van der Waals surface area contributed by atoms with Crippen molar-refractivity contribution in [2.45, 2.75) is 6.42 Å². The van der Waals surface area contributed by atoms with Gasteiger partial charge in [0.25, 0.3) is 5.91 Å². The van der Waals surface area contributed by atoms with E-state index < -0.39 is 0 Å². The van der Waals surface area contributed by atoms with Gasteiger partial charge in [0.2, 0.25) is 0 Å². The van der Waals surface area contributed by atoms with Crippen molar-refractivity contribution in [2.24, 2.45) is 0 Å². The van der Waals surface area contributed by atoms with E-state index in [9.17, 15) is 4.79 Å². The third-order valence-electron chi connectivity index (χ3n) is 2.59. The van der Waals surface area contributed by atoms with Gasteiger partial charge in [0.1, 0.15) is 5.75 Å². The summed E-state index contributed by atoms with van der Waals surface area (Å²) in [5.74, 6) is 0.654. The maximum Gasteiger partial charge on any atom is 0.251 e. The fourth-order valence-corrected chi connectivity index (χ4v) is 1.58. The highest BCUT2D eigenvalue weighted by atomic mass is 16.5. The van der Waals surface area contributed by atoms with Crippen LogP contribution in [0.25, 0.3) is 0 Å². The first kappa shape index (κ1) is 12.2. The van der Waals surface area contributed by atoms with Gasteiger partial charge in [0.15, 0.2) is 0 Å². The Labute approximate surface area is 105 Å². The van der Waals surface area contributed by atoms with Crippen LogP contribution in [0.5, 0.6) is 5.75 Å². The average Bonchev–Trinajstić information content (AvgIpc) is 2.92. The molecular weight excluding hydrogens is 230 g/mol. The van der Waals surface area contributed by atoms with Gasteiger partial charge in [0, 0.05) is 30.4 Å².